The van der Waals surface area contributed by atoms with E-state index in [2.05, 4.69) is 31.9 Å². The van der Waals surface area contributed by atoms with Crippen LogP contribution in [0.15, 0.2) is 14.3 Å². The molecule has 0 amide bonds. The Morgan fingerprint density at radius 2 is 2.22 bits per heavy atom. The van der Waals surface area contributed by atoms with E-state index in [9.17, 15) is 0 Å². The van der Waals surface area contributed by atoms with E-state index in [-0.39, 0.29) is 6.61 Å². The van der Waals surface area contributed by atoms with Crippen LogP contribution in [0.25, 0.3) is 0 Å². The molecule has 1 rings (SSSR count). The van der Waals surface area contributed by atoms with Gasteiger partial charge >= 0.3 is 0 Å². The van der Waals surface area contributed by atoms with Crippen molar-refractivity contribution in [3.63, 3.8) is 0 Å². The summed E-state index contributed by atoms with van der Waals surface area (Å²) in [5.41, 5.74) is 0. The minimum absolute atomic E-state index is 0.108. The summed E-state index contributed by atoms with van der Waals surface area (Å²) in [6.45, 7) is 0.108. The van der Waals surface area contributed by atoms with Crippen LogP contribution in [0.1, 0.15) is 4.88 Å². The molecule has 0 fully saturated rings. The van der Waals surface area contributed by atoms with Gasteiger partial charge in [-0.2, -0.15) is 0 Å². The van der Waals surface area contributed by atoms with Crippen LogP contribution in [-0.2, 0) is 6.61 Å². The number of rotatable bonds is 1. The van der Waals surface area contributed by atoms with Crippen molar-refractivity contribution < 1.29 is 5.11 Å². The van der Waals surface area contributed by atoms with Crippen molar-refractivity contribution in [3.8, 4) is 0 Å². The van der Waals surface area contributed by atoms with Crippen LogP contribution in [0.2, 0.25) is 0 Å². The predicted octanol–water partition coefficient (Wildman–Crippen LogP) is 2.77. The molecule has 0 unspecified atom stereocenters. The zero-order valence-electron chi connectivity index (χ0n) is 4.40. The summed E-state index contributed by atoms with van der Waals surface area (Å²) in [7, 11) is 0. The van der Waals surface area contributed by atoms with Crippen molar-refractivity contribution in [1.82, 2.24) is 0 Å². The lowest BCUT2D eigenvalue weighted by molar-refractivity contribution is 0.285. The number of thiophene rings is 1. The van der Waals surface area contributed by atoms with Gasteiger partial charge in [-0.05, 0) is 31.9 Å². The molecule has 1 aromatic heterocycles. The van der Waals surface area contributed by atoms with Gasteiger partial charge in [0.2, 0.25) is 0 Å². The Hall–Kier alpha value is 0.620. The summed E-state index contributed by atoms with van der Waals surface area (Å²) in [5.74, 6) is 0. The molecule has 50 valence electrons. The molecule has 4 heteroatoms. The molecule has 0 aliphatic heterocycles. The quantitative estimate of drug-likeness (QED) is 0.833. The molecule has 0 saturated carbocycles. The first-order valence-electron chi connectivity index (χ1n) is 2.28. The Labute approximate surface area is 74.0 Å². The number of halogens is 2. The molecule has 1 N–H and O–H groups in total. The highest BCUT2D eigenvalue weighted by Gasteiger charge is 2.03. The second-order valence-electron chi connectivity index (χ2n) is 1.48. The first kappa shape index (κ1) is 7.72. The Kier molecular flexibility index (Phi) is 2.70. The van der Waals surface area contributed by atoms with Crippen LogP contribution in [0, 0.1) is 0 Å². The predicted molar refractivity (Wildman–Crippen MR) is 45.6 cm³/mol. The van der Waals surface area contributed by atoms with Crippen LogP contribution < -0.4 is 0 Å². The average molecular weight is 272 g/mol. The molecule has 0 radical (unpaired) electrons. The summed E-state index contributed by atoms with van der Waals surface area (Å²) in [5, 5.41) is 10.6. The second-order valence-corrected chi connectivity index (χ2v) is 4.09. The molecule has 0 aliphatic carbocycles. The van der Waals surface area contributed by atoms with Crippen LogP contribution in [-0.4, -0.2) is 5.11 Å². The lowest BCUT2D eigenvalue weighted by Crippen LogP contribution is -1.74. The highest BCUT2D eigenvalue weighted by atomic mass is 79.9. The minimum atomic E-state index is 0.108. The maximum atomic E-state index is 8.69. The van der Waals surface area contributed by atoms with Crippen molar-refractivity contribution in [3.05, 3.63) is 19.2 Å². The standard InChI is InChI=1S/C5H4Br2OS/c6-3-2-9-4(1-8)5(3)7/h2,8H,1H2. The number of aliphatic hydroxyl groups excluding tert-OH is 1. The zero-order chi connectivity index (χ0) is 6.85. The zero-order valence-corrected chi connectivity index (χ0v) is 8.38. The summed E-state index contributed by atoms with van der Waals surface area (Å²) in [4.78, 5) is 0.960. The van der Waals surface area contributed by atoms with Gasteiger partial charge in [-0.3, -0.25) is 0 Å². The lowest BCUT2D eigenvalue weighted by Gasteiger charge is -1.87. The number of aliphatic hydroxyl groups is 1. The van der Waals surface area contributed by atoms with Crippen molar-refractivity contribution in [2.45, 2.75) is 6.61 Å². The van der Waals surface area contributed by atoms with E-state index >= 15 is 0 Å². The Bertz CT molecular complexity index is 209. The van der Waals surface area contributed by atoms with Crippen LogP contribution in [0.5, 0.6) is 0 Å². The number of hydrogen-bond donors (Lipinski definition) is 1. The molecule has 0 atom stereocenters. The second kappa shape index (κ2) is 3.14. The fourth-order valence-corrected chi connectivity index (χ4v) is 2.44. The normalized spacial score (nSPS) is 10.1. The van der Waals surface area contributed by atoms with Gasteiger partial charge in [0.05, 0.1) is 6.61 Å². The molecule has 0 aliphatic rings. The lowest BCUT2D eigenvalue weighted by atomic mass is 10.5. The summed E-state index contributed by atoms with van der Waals surface area (Å²) in [6.07, 6.45) is 0. The van der Waals surface area contributed by atoms with Crippen molar-refractivity contribution >= 4 is 43.2 Å². The average Bonchev–Trinajstić information content (AvgIpc) is 2.15. The molecule has 9 heavy (non-hydrogen) atoms. The van der Waals surface area contributed by atoms with E-state index in [1.807, 2.05) is 5.38 Å². The minimum Gasteiger partial charge on any atom is -0.391 e. The molecule has 1 nitrogen and oxygen atoms in total. The fraction of sp³-hybridized carbons (Fsp3) is 0.200. The van der Waals surface area contributed by atoms with E-state index < -0.39 is 0 Å². The number of hydrogen-bond acceptors (Lipinski definition) is 2. The Morgan fingerprint density at radius 3 is 2.44 bits per heavy atom. The SMILES string of the molecule is OCc1scc(Br)c1Br. The molecule has 0 saturated heterocycles. The third-order valence-electron chi connectivity index (χ3n) is 0.903. The van der Waals surface area contributed by atoms with Crippen molar-refractivity contribution in [1.29, 1.82) is 0 Å². The maximum absolute atomic E-state index is 8.69. The molecule has 0 bridgehead atoms. The van der Waals surface area contributed by atoms with Crippen molar-refractivity contribution in [2.24, 2.45) is 0 Å². The summed E-state index contributed by atoms with van der Waals surface area (Å²) < 4.78 is 1.98. The van der Waals surface area contributed by atoms with Gasteiger partial charge in [-0.1, -0.05) is 0 Å². The molecular weight excluding hydrogens is 268 g/mol. The van der Waals surface area contributed by atoms with Crippen LogP contribution in [0.3, 0.4) is 0 Å². The van der Waals surface area contributed by atoms with Gasteiger partial charge in [-0.25, -0.2) is 0 Å². The van der Waals surface area contributed by atoms with Gasteiger partial charge in [0.25, 0.3) is 0 Å². The van der Waals surface area contributed by atoms with Crippen LogP contribution in [0.4, 0.5) is 0 Å². The topological polar surface area (TPSA) is 20.2 Å². The van der Waals surface area contributed by atoms with E-state index in [1.54, 1.807) is 0 Å². The molecule has 1 heterocycles. The molecule has 0 spiro atoms. The molecule has 1 aromatic rings. The van der Waals surface area contributed by atoms with E-state index in [1.165, 1.54) is 11.3 Å². The monoisotopic (exact) mass is 270 g/mol. The van der Waals surface area contributed by atoms with Gasteiger partial charge in [0.15, 0.2) is 0 Å². The molecule has 0 aromatic carbocycles. The Morgan fingerprint density at radius 1 is 1.56 bits per heavy atom. The third kappa shape index (κ3) is 1.55. The first-order valence-corrected chi connectivity index (χ1v) is 4.74. The first-order chi connectivity index (χ1) is 4.25. The summed E-state index contributed by atoms with van der Waals surface area (Å²) >= 11 is 8.16. The third-order valence-corrected chi connectivity index (χ3v) is 4.50. The van der Waals surface area contributed by atoms with Gasteiger partial charge < -0.3 is 5.11 Å². The van der Waals surface area contributed by atoms with E-state index in [0.717, 1.165) is 13.8 Å². The van der Waals surface area contributed by atoms with Crippen LogP contribution >= 0.6 is 43.2 Å². The van der Waals surface area contributed by atoms with Gasteiger partial charge in [-0.15, -0.1) is 11.3 Å². The van der Waals surface area contributed by atoms with E-state index in [4.69, 9.17) is 5.11 Å². The van der Waals surface area contributed by atoms with Crippen molar-refractivity contribution in [2.75, 3.05) is 0 Å². The highest BCUT2D eigenvalue weighted by molar-refractivity contribution is 9.13. The van der Waals surface area contributed by atoms with Gasteiger partial charge in [0.1, 0.15) is 0 Å². The molecular formula is C5H4Br2OS. The van der Waals surface area contributed by atoms with E-state index in [0.29, 0.717) is 0 Å². The summed E-state index contributed by atoms with van der Waals surface area (Å²) in [6, 6.07) is 0. The highest BCUT2D eigenvalue weighted by Crippen LogP contribution is 2.32. The smallest absolute Gasteiger partial charge is 0.0786 e. The van der Waals surface area contributed by atoms with Gasteiger partial charge in [0, 0.05) is 19.2 Å². The fourth-order valence-electron chi connectivity index (χ4n) is 0.466. The Balaban J connectivity index is 3.04. The largest absolute Gasteiger partial charge is 0.391 e. The maximum Gasteiger partial charge on any atom is 0.0786 e.